The van der Waals surface area contributed by atoms with Crippen molar-refractivity contribution in [2.45, 2.75) is 45.4 Å². The van der Waals surface area contributed by atoms with Crippen molar-refractivity contribution in [3.05, 3.63) is 59.2 Å². The van der Waals surface area contributed by atoms with Gasteiger partial charge in [-0.3, -0.25) is 4.79 Å². The average Bonchev–Trinajstić information content (AvgIpc) is 2.70. The molecule has 0 spiro atoms. The normalized spacial score (nSPS) is 11.2. The van der Waals surface area contributed by atoms with E-state index in [1.54, 1.807) is 19.9 Å². The third-order valence-corrected chi connectivity index (χ3v) is 5.85. The highest BCUT2D eigenvalue weighted by atomic mass is 32.2. The Labute approximate surface area is 193 Å². The number of nitrogens with zero attached hydrogens (tertiary/aromatic N) is 4. The number of anilines is 3. The number of hydrogen-bond acceptors (Lipinski definition) is 8. The standard InChI is InChI=1S/C22H27N7O3S/c1-14-12-15(2)25-21(24-14)23-11-5-6-20(30)28-18-7-9-19(10-8-18)33(31,32)29-22-26-16(3)13-17(4)27-22/h7-10,12-13H,5-6,11H2,1-4H3,(H,28,30)(H,23,24,25)(H,26,27,29). The summed E-state index contributed by atoms with van der Waals surface area (Å²) in [5.41, 5.74) is 3.59. The third kappa shape index (κ3) is 7.21. The lowest BCUT2D eigenvalue weighted by Gasteiger charge is -2.10. The highest BCUT2D eigenvalue weighted by Crippen LogP contribution is 2.17. The molecule has 0 bridgehead atoms. The van der Waals surface area contributed by atoms with Gasteiger partial charge in [0, 0.05) is 41.4 Å². The topological polar surface area (TPSA) is 139 Å². The van der Waals surface area contributed by atoms with Crippen LogP contribution in [0.1, 0.15) is 35.6 Å². The average molecular weight is 470 g/mol. The van der Waals surface area contributed by atoms with Gasteiger partial charge in [-0.25, -0.2) is 33.1 Å². The fourth-order valence-corrected chi connectivity index (χ4v) is 4.09. The predicted molar refractivity (Wildman–Crippen MR) is 127 cm³/mol. The SMILES string of the molecule is Cc1cc(C)nc(NCCCC(=O)Nc2ccc(S(=O)(=O)Nc3nc(C)cc(C)n3)cc2)n1. The van der Waals surface area contributed by atoms with Crippen molar-refractivity contribution in [1.29, 1.82) is 0 Å². The monoisotopic (exact) mass is 469 g/mol. The zero-order chi connectivity index (χ0) is 24.0. The number of hydrogen-bond donors (Lipinski definition) is 3. The number of benzene rings is 1. The van der Waals surface area contributed by atoms with E-state index in [1.165, 1.54) is 24.3 Å². The van der Waals surface area contributed by atoms with Gasteiger partial charge in [-0.05, 0) is 70.5 Å². The van der Waals surface area contributed by atoms with Gasteiger partial charge in [-0.15, -0.1) is 0 Å². The van der Waals surface area contributed by atoms with Crippen LogP contribution in [0.5, 0.6) is 0 Å². The molecule has 1 aromatic carbocycles. The van der Waals surface area contributed by atoms with Crippen molar-refractivity contribution >= 4 is 33.5 Å². The predicted octanol–water partition coefficient (Wildman–Crippen LogP) is 3.13. The molecule has 1 amide bonds. The van der Waals surface area contributed by atoms with Crippen molar-refractivity contribution < 1.29 is 13.2 Å². The molecule has 2 aromatic heterocycles. The Morgan fingerprint density at radius 2 is 1.33 bits per heavy atom. The van der Waals surface area contributed by atoms with Gasteiger partial charge >= 0.3 is 0 Å². The first kappa shape index (κ1) is 24.1. The van der Waals surface area contributed by atoms with Crippen molar-refractivity contribution in [1.82, 2.24) is 19.9 Å². The molecule has 33 heavy (non-hydrogen) atoms. The third-order valence-electron chi connectivity index (χ3n) is 4.50. The first-order valence-corrected chi connectivity index (χ1v) is 11.9. The largest absolute Gasteiger partial charge is 0.354 e. The van der Waals surface area contributed by atoms with Crippen LogP contribution in [0.4, 0.5) is 17.6 Å². The fraction of sp³-hybridized carbons (Fsp3) is 0.318. The summed E-state index contributed by atoms with van der Waals surface area (Å²) in [5, 5.41) is 5.87. The molecule has 11 heteroatoms. The van der Waals surface area contributed by atoms with Gasteiger partial charge in [0.1, 0.15) is 0 Å². The number of sulfonamides is 1. The molecular formula is C22H27N7O3S. The first-order chi connectivity index (χ1) is 15.6. The van der Waals surface area contributed by atoms with Crippen molar-refractivity contribution in [2.75, 3.05) is 21.9 Å². The molecule has 0 aliphatic carbocycles. The Kier molecular flexibility index (Phi) is 7.54. The summed E-state index contributed by atoms with van der Waals surface area (Å²) in [6, 6.07) is 9.55. The van der Waals surface area contributed by atoms with Crippen molar-refractivity contribution in [2.24, 2.45) is 0 Å². The van der Waals surface area contributed by atoms with Crippen molar-refractivity contribution in [3.63, 3.8) is 0 Å². The minimum Gasteiger partial charge on any atom is -0.354 e. The van der Waals surface area contributed by atoms with E-state index in [2.05, 4.69) is 35.3 Å². The quantitative estimate of drug-likeness (QED) is 0.406. The lowest BCUT2D eigenvalue weighted by atomic mass is 10.2. The number of nitrogens with one attached hydrogen (secondary N) is 3. The molecule has 2 heterocycles. The van der Waals surface area contributed by atoms with Crippen LogP contribution in [0.3, 0.4) is 0 Å². The molecule has 3 aromatic rings. The Morgan fingerprint density at radius 3 is 1.88 bits per heavy atom. The second kappa shape index (κ2) is 10.3. The van der Waals surface area contributed by atoms with Gasteiger partial charge in [-0.1, -0.05) is 0 Å². The summed E-state index contributed by atoms with van der Waals surface area (Å²) in [6.07, 6.45) is 0.887. The molecule has 0 saturated heterocycles. The molecule has 3 N–H and O–H groups in total. The highest BCUT2D eigenvalue weighted by molar-refractivity contribution is 7.92. The number of aryl methyl sites for hydroxylation is 4. The second-order valence-electron chi connectivity index (χ2n) is 7.66. The van der Waals surface area contributed by atoms with Gasteiger partial charge in [0.2, 0.25) is 17.8 Å². The van der Waals surface area contributed by atoms with Crippen LogP contribution in [-0.2, 0) is 14.8 Å². The molecule has 0 aliphatic rings. The van der Waals surface area contributed by atoms with E-state index in [9.17, 15) is 13.2 Å². The molecular weight excluding hydrogens is 442 g/mol. The molecule has 0 fully saturated rings. The van der Waals surface area contributed by atoms with Gasteiger partial charge in [0.05, 0.1) is 4.90 Å². The van der Waals surface area contributed by atoms with Crippen LogP contribution in [0, 0.1) is 27.7 Å². The van der Waals surface area contributed by atoms with Crippen LogP contribution < -0.4 is 15.4 Å². The molecule has 0 unspecified atom stereocenters. The van der Waals surface area contributed by atoms with E-state index in [-0.39, 0.29) is 16.8 Å². The Bertz CT molecular complexity index is 1200. The smallest absolute Gasteiger partial charge is 0.264 e. The Morgan fingerprint density at radius 1 is 0.818 bits per heavy atom. The summed E-state index contributed by atoms with van der Waals surface area (Å²) in [6.45, 7) is 7.88. The summed E-state index contributed by atoms with van der Waals surface area (Å²) in [5.74, 6) is 0.393. The zero-order valence-corrected chi connectivity index (χ0v) is 19.8. The summed E-state index contributed by atoms with van der Waals surface area (Å²) < 4.78 is 27.6. The Balaban J connectivity index is 1.50. The molecule has 174 valence electrons. The van der Waals surface area contributed by atoms with Crippen LogP contribution in [0.15, 0.2) is 41.3 Å². The minimum atomic E-state index is -3.85. The molecule has 0 aliphatic heterocycles. The van der Waals surface area contributed by atoms with Crippen LogP contribution >= 0.6 is 0 Å². The van der Waals surface area contributed by atoms with Crippen LogP contribution in [-0.4, -0.2) is 40.8 Å². The second-order valence-corrected chi connectivity index (χ2v) is 9.34. The number of carbonyl (C=O) groups excluding carboxylic acids is 1. The van der Waals surface area contributed by atoms with Gasteiger partial charge < -0.3 is 10.6 Å². The minimum absolute atomic E-state index is 0.0183. The maximum absolute atomic E-state index is 12.6. The first-order valence-electron chi connectivity index (χ1n) is 10.4. The molecule has 3 rings (SSSR count). The summed E-state index contributed by atoms with van der Waals surface area (Å²) in [7, 11) is -3.85. The molecule has 0 saturated carbocycles. The van der Waals surface area contributed by atoms with E-state index < -0.39 is 10.0 Å². The van der Waals surface area contributed by atoms with Gasteiger partial charge in [0.15, 0.2) is 0 Å². The van der Waals surface area contributed by atoms with E-state index >= 15 is 0 Å². The number of rotatable bonds is 9. The lowest BCUT2D eigenvalue weighted by molar-refractivity contribution is -0.116. The maximum Gasteiger partial charge on any atom is 0.264 e. The maximum atomic E-state index is 12.6. The molecule has 0 atom stereocenters. The fourth-order valence-electron chi connectivity index (χ4n) is 3.15. The number of amides is 1. The van der Waals surface area contributed by atoms with E-state index in [4.69, 9.17) is 0 Å². The van der Waals surface area contributed by atoms with E-state index in [0.29, 0.717) is 42.4 Å². The number of carbonyl (C=O) groups is 1. The zero-order valence-electron chi connectivity index (χ0n) is 19.0. The van der Waals surface area contributed by atoms with Gasteiger partial charge in [-0.2, -0.15) is 0 Å². The summed E-state index contributed by atoms with van der Waals surface area (Å²) >= 11 is 0. The molecule has 0 radical (unpaired) electrons. The lowest BCUT2D eigenvalue weighted by Crippen LogP contribution is -2.16. The highest BCUT2D eigenvalue weighted by Gasteiger charge is 2.16. The van der Waals surface area contributed by atoms with Crippen molar-refractivity contribution in [3.8, 4) is 0 Å². The number of aromatic nitrogens is 4. The van der Waals surface area contributed by atoms with E-state index in [0.717, 1.165) is 11.4 Å². The van der Waals surface area contributed by atoms with Crippen LogP contribution in [0.25, 0.3) is 0 Å². The van der Waals surface area contributed by atoms with Gasteiger partial charge in [0.25, 0.3) is 10.0 Å². The molecule has 10 nitrogen and oxygen atoms in total. The Hall–Kier alpha value is -3.60. The van der Waals surface area contributed by atoms with E-state index in [1.807, 2.05) is 19.9 Å². The van der Waals surface area contributed by atoms with Crippen LogP contribution in [0.2, 0.25) is 0 Å². The summed E-state index contributed by atoms with van der Waals surface area (Å²) in [4.78, 5) is 29.0.